The van der Waals surface area contributed by atoms with E-state index in [0.717, 1.165) is 23.8 Å². The lowest BCUT2D eigenvalue weighted by Gasteiger charge is -2.19. The highest BCUT2D eigenvalue weighted by molar-refractivity contribution is 7.91. The van der Waals surface area contributed by atoms with Gasteiger partial charge in [0.05, 0.1) is 4.92 Å². The number of nitrogens with zero attached hydrogens (tertiary/aromatic N) is 1. The van der Waals surface area contributed by atoms with Crippen LogP contribution in [0, 0.1) is 16.0 Å². The Kier molecular flexibility index (Phi) is 5.45. The second kappa shape index (κ2) is 6.48. The summed E-state index contributed by atoms with van der Waals surface area (Å²) in [6, 6.07) is 0.742. The van der Waals surface area contributed by atoms with Crippen LogP contribution in [0.25, 0.3) is 0 Å². The number of nitrogens with one attached hydrogen (secondary N) is 2. The first-order chi connectivity index (χ1) is 9.22. The van der Waals surface area contributed by atoms with E-state index in [1.165, 1.54) is 0 Å². The van der Waals surface area contributed by atoms with E-state index in [-0.39, 0.29) is 26.9 Å². The lowest BCUT2D eigenvalue weighted by molar-refractivity contribution is -0.383. The first kappa shape index (κ1) is 16.8. The van der Waals surface area contributed by atoms with Crippen LogP contribution >= 0.6 is 11.3 Å². The maximum atomic E-state index is 12.2. The number of hydrazine groups is 1. The predicted molar refractivity (Wildman–Crippen MR) is 78.0 cm³/mol. The Balaban J connectivity index is 3.07. The van der Waals surface area contributed by atoms with Crippen molar-refractivity contribution in [2.24, 2.45) is 11.8 Å². The molecule has 0 spiro atoms. The van der Waals surface area contributed by atoms with Crippen LogP contribution in [0.3, 0.4) is 0 Å². The maximum absolute atomic E-state index is 12.2. The van der Waals surface area contributed by atoms with E-state index >= 15 is 0 Å². The van der Waals surface area contributed by atoms with E-state index in [1.54, 1.807) is 6.92 Å². The van der Waals surface area contributed by atoms with Gasteiger partial charge in [0.25, 0.3) is 10.0 Å². The minimum Gasteiger partial charge on any atom is -0.310 e. The summed E-state index contributed by atoms with van der Waals surface area (Å²) in [4.78, 5) is 10.1. The molecule has 1 aromatic heterocycles. The summed E-state index contributed by atoms with van der Waals surface area (Å²) in [6.45, 7) is 5.65. The van der Waals surface area contributed by atoms with E-state index in [1.807, 2.05) is 13.8 Å². The Bertz CT molecular complexity index is 584. The Hall–Kier alpha value is -1.23. The van der Waals surface area contributed by atoms with Gasteiger partial charge in [-0.1, -0.05) is 31.6 Å². The van der Waals surface area contributed by atoms with Crippen LogP contribution in [0.1, 0.15) is 27.2 Å². The largest absolute Gasteiger partial charge is 0.310 e. The Morgan fingerprint density at radius 2 is 2.10 bits per heavy atom. The monoisotopic (exact) mass is 322 g/mol. The van der Waals surface area contributed by atoms with Crippen molar-refractivity contribution in [2.75, 3.05) is 5.43 Å². The number of nitro groups is 1. The van der Waals surface area contributed by atoms with E-state index in [4.69, 9.17) is 5.84 Å². The molecule has 2 atom stereocenters. The number of sulfonamides is 1. The van der Waals surface area contributed by atoms with Gasteiger partial charge in [0.1, 0.15) is 4.21 Å². The molecule has 10 heteroatoms. The van der Waals surface area contributed by atoms with Gasteiger partial charge in [-0.15, -0.1) is 0 Å². The molecular weight excluding hydrogens is 304 g/mol. The summed E-state index contributed by atoms with van der Waals surface area (Å²) < 4.78 is 26.7. The van der Waals surface area contributed by atoms with Gasteiger partial charge in [-0.25, -0.2) is 19.0 Å². The summed E-state index contributed by atoms with van der Waals surface area (Å²) in [7, 11) is -3.79. The van der Waals surface area contributed by atoms with Crippen molar-refractivity contribution in [1.29, 1.82) is 0 Å². The number of rotatable bonds is 7. The van der Waals surface area contributed by atoms with E-state index in [9.17, 15) is 18.5 Å². The molecule has 0 saturated carbocycles. The van der Waals surface area contributed by atoms with Crippen LogP contribution in [0.4, 0.5) is 10.7 Å². The minimum atomic E-state index is -3.79. The lowest BCUT2D eigenvalue weighted by Crippen LogP contribution is -2.36. The third-order valence-corrected chi connectivity index (χ3v) is 6.21. The zero-order chi connectivity index (χ0) is 15.5. The Labute approximate surface area is 121 Å². The SMILES string of the molecule is CCC(C)C(C)NS(=O)(=O)c1cc([N+](=O)[O-])c(NN)s1. The molecule has 8 nitrogen and oxygen atoms in total. The fourth-order valence-electron chi connectivity index (χ4n) is 1.50. The quantitative estimate of drug-likeness (QED) is 0.398. The summed E-state index contributed by atoms with van der Waals surface area (Å²) in [5.74, 6) is 5.32. The van der Waals surface area contributed by atoms with Gasteiger partial charge in [-0.2, -0.15) is 0 Å². The van der Waals surface area contributed by atoms with Crippen molar-refractivity contribution in [3.8, 4) is 0 Å². The molecule has 0 bridgehead atoms. The van der Waals surface area contributed by atoms with Gasteiger partial charge < -0.3 is 5.43 Å². The molecule has 0 aliphatic heterocycles. The van der Waals surface area contributed by atoms with E-state index in [2.05, 4.69) is 10.1 Å². The Morgan fingerprint density at radius 3 is 2.50 bits per heavy atom. The zero-order valence-corrected chi connectivity index (χ0v) is 13.0. The smallest absolute Gasteiger partial charge is 0.306 e. The third kappa shape index (κ3) is 3.66. The molecule has 1 aromatic rings. The highest BCUT2D eigenvalue weighted by Gasteiger charge is 2.27. The normalized spacial score (nSPS) is 14.8. The number of anilines is 1. The van der Waals surface area contributed by atoms with Crippen molar-refractivity contribution in [3.63, 3.8) is 0 Å². The molecule has 0 fully saturated rings. The second-order valence-electron chi connectivity index (χ2n) is 4.48. The molecule has 1 rings (SSSR count). The second-order valence-corrected chi connectivity index (χ2v) is 7.47. The molecule has 0 aliphatic carbocycles. The number of hydrogen-bond donors (Lipinski definition) is 3. The molecule has 2 unspecified atom stereocenters. The molecule has 114 valence electrons. The number of nitrogens with two attached hydrogens (primary N) is 1. The standard InChI is InChI=1S/C10H18N4O4S2/c1-4-6(2)7(3)13-20(17,18)9-5-8(14(15)16)10(12-11)19-9/h5-7,12-13H,4,11H2,1-3H3. The van der Waals surface area contributed by atoms with Gasteiger partial charge in [0.15, 0.2) is 5.00 Å². The average Bonchev–Trinajstić information content (AvgIpc) is 2.82. The molecule has 1 heterocycles. The average molecular weight is 322 g/mol. The van der Waals surface area contributed by atoms with Gasteiger partial charge in [0, 0.05) is 12.1 Å². The van der Waals surface area contributed by atoms with Crippen LogP contribution < -0.4 is 16.0 Å². The van der Waals surface area contributed by atoms with Gasteiger partial charge in [0.2, 0.25) is 0 Å². The van der Waals surface area contributed by atoms with Crippen molar-refractivity contribution >= 4 is 32.0 Å². The predicted octanol–water partition coefficient (Wildman–Crippen LogP) is 1.65. The van der Waals surface area contributed by atoms with Crippen LogP contribution in [-0.2, 0) is 10.0 Å². The van der Waals surface area contributed by atoms with Gasteiger partial charge in [-0.05, 0) is 12.8 Å². The van der Waals surface area contributed by atoms with E-state index in [0.29, 0.717) is 0 Å². The first-order valence-corrected chi connectivity index (χ1v) is 8.30. The van der Waals surface area contributed by atoms with Crippen LogP contribution in [0.15, 0.2) is 10.3 Å². The molecule has 0 saturated heterocycles. The van der Waals surface area contributed by atoms with Crippen molar-refractivity contribution < 1.29 is 13.3 Å². The Morgan fingerprint density at radius 1 is 1.50 bits per heavy atom. The number of nitrogen functional groups attached to an aromatic ring is 1. The minimum absolute atomic E-state index is 0.00608. The number of thiophene rings is 1. The molecule has 0 aliphatic rings. The molecular formula is C10H18N4O4S2. The highest BCUT2D eigenvalue weighted by atomic mass is 32.2. The van der Waals surface area contributed by atoms with Crippen LogP contribution in [0.2, 0.25) is 0 Å². The van der Waals surface area contributed by atoms with Gasteiger partial charge >= 0.3 is 5.69 Å². The van der Waals surface area contributed by atoms with Crippen LogP contribution in [0.5, 0.6) is 0 Å². The maximum Gasteiger partial charge on any atom is 0.306 e. The summed E-state index contributed by atoms with van der Waals surface area (Å²) in [5, 5.41) is 10.8. The molecule has 20 heavy (non-hydrogen) atoms. The molecule has 0 aromatic carbocycles. The summed E-state index contributed by atoms with van der Waals surface area (Å²) >= 11 is 0.728. The fraction of sp³-hybridized carbons (Fsp3) is 0.600. The third-order valence-electron chi connectivity index (χ3n) is 3.12. The molecule has 0 radical (unpaired) electrons. The van der Waals surface area contributed by atoms with Crippen molar-refractivity contribution in [2.45, 2.75) is 37.4 Å². The summed E-state index contributed by atoms with van der Waals surface area (Å²) in [5.41, 5.74) is 1.79. The van der Waals surface area contributed by atoms with Crippen molar-refractivity contribution in [1.82, 2.24) is 4.72 Å². The van der Waals surface area contributed by atoms with Gasteiger partial charge in [-0.3, -0.25) is 10.1 Å². The van der Waals surface area contributed by atoms with Crippen LogP contribution in [-0.4, -0.2) is 19.4 Å². The number of hydrogen-bond acceptors (Lipinski definition) is 7. The fourth-order valence-corrected chi connectivity index (χ4v) is 4.11. The lowest BCUT2D eigenvalue weighted by atomic mass is 10.0. The van der Waals surface area contributed by atoms with E-state index < -0.39 is 14.9 Å². The zero-order valence-electron chi connectivity index (χ0n) is 11.4. The topological polar surface area (TPSA) is 127 Å². The molecule has 4 N–H and O–H groups in total. The molecule has 0 amide bonds. The highest BCUT2D eigenvalue weighted by Crippen LogP contribution is 2.36. The first-order valence-electron chi connectivity index (χ1n) is 6.00. The van der Waals surface area contributed by atoms with Crippen molar-refractivity contribution in [3.05, 3.63) is 16.2 Å². The summed E-state index contributed by atoms with van der Waals surface area (Å²) in [6.07, 6.45) is 0.823.